The van der Waals surface area contributed by atoms with Crippen molar-refractivity contribution in [3.63, 3.8) is 0 Å². The number of rotatable bonds is 3. The van der Waals surface area contributed by atoms with Crippen LogP contribution in [0.25, 0.3) is 0 Å². The van der Waals surface area contributed by atoms with Crippen LogP contribution in [0.4, 0.5) is 11.6 Å². The number of nitrogens with two attached hydrogens (primary N) is 1. The van der Waals surface area contributed by atoms with Crippen LogP contribution in [0.2, 0.25) is 0 Å². The molecule has 2 rings (SSSR count). The number of aromatic nitrogens is 2. The van der Waals surface area contributed by atoms with E-state index in [1.165, 1.54) is 7.11 Å². The SMILES string of the molecule is CCn1nc(N2CCN(C)CC2)c(C(=O)OC)c1N. The Kier molecular flexibility index (Phi) is 3.94. The zero-order valence-corrected chi connectivity index (χ0v) is 11.7. The molecule has 0 bridgehead atoms. The van der Waals surface area contributed by atoms with Gasteiger partial charge in [-0.25, -0.2) is 9.48 Å². The van der Waals surface area contributed by atoms with Crippen molar-refractivity contribution in [2.45, 2.75) is 13.5 Å². The first kappa shape index (κ1) is 13.7. The fraction of sp³-hybridized carbons (Fsp3) is 0.667. The van der Waals surface area contributed by atoms with Crippen LogP contribution < -0.4 is 10.6 Å². The molecule has 1 aromatic rings. The molecule has 0 aromatic carbocycles. The number of hydrogen-bond acceptors (Lipinski definition) is 6. The fourth-order valence-electron chi connectivity index (χ4n) is 2.24. The van der Waals surface area contributed by atoms with Gasteiger partial charge in [-0.15, -0.1) is 0 Å². The molecule has 0 amide bonds. The van der Waals surface area contributed by atoms with Gasteiger partial charge in [0, 0.05) is 32.7 Å². The van der Waals surface area contributed by atoms with E-state index in [1.807, 2.05) is 6.92 Å². The molecule has 0 aliphatic carbocycles. The smallest absolute Gasteiger partial charge is 0.345 e. The summed E-state index contributed by atoms with van der Waals surface area (Å²) in [5.41, 5.74) is 6.37. The molecule has 106 valence electrons. The van der Waals surface area contributed by atoms with Gasteiger partial charge >= 0.3 is 5.97 Å². The number of nitrogen functional groups attached to an aromatic ring is 1. The zero-order valence-electron chi connectivity index (χ0n) is 11.7. The molecule has 19 heavy (non-hydrogen) atoms. The van der Waals surface area contributed by atoms with Crippen LogP contribution in [0.15, 0.2) is 0 Å². The average Bonchev–Trinajstić information content (AvgIpc) is 2.75. The van der Waals surface area contributed by atoms with Gasteiger partial charge in [0.2, 0.25) is 0 Å². The topological polar surface area (TPSA) is 76.6 Å². The molecule has 2 heterocycles. The van der Waals surface area contributed by atoms with Gasteiger partial charge in [-0.2, -0.15) is 5.10 Å². The molecule has 0 atom stereocenters. The highest BCUT2D eigenvalue weighted by Gasteiger charge is 2.27. The molecule has 0 radical (unpaired) electrons. The number of nitrogens with zero attached hydrogens (tertiary/aromatic N) is 4. The molecule has 7 nitrogen and oxygen atoms in total. The number of carbonyl (C=O) groups is 1. The van der Waals surface area contributed by atoms with Crippen molar-refractivity contribution in [1.29, 1.82) is 0 Å². The second-order valence-electron chi connectivity index (χ2n) is 4.68. The average molecular weight is 267 g/mol. The Balaban J connectivity index is 2.35. The summed E-state index contributed by atoms with van der Waals surface area (Å²) in [4.78, 5) is 16.2. The highest BCUT2D eigenvalue weighted by Crippen LogP contribution is 2.26. The van der Waals surface area contributed by atoms with Crippen LogP contribution in [-0.2, 0) is 11.3 Å². The third kappa shape index (κ3) is 2.51. The van der Waals surface area contributed by atoms with E-state index in [4.69, 9.17) is 10.5 Å². The summed E-state index contributed by atoms with van der Waals surface area (Å²) >= 11 is 0. The third-order valence-electron chi connectivity index (χ3n) is 3.47. The molecule has 1 aromatic heterocycles. The maximum Gasteiger partial charge on any atom is 0.345 e. The van der Waals surface area contributed by atoms with Crippen molar-refractivity contribution in [3.05, 3.63) is 5.56 Å². The van der Waals surface area contributed by atoms with Crippen molar-refractivity contribution in [3.8, 4) is 0 Å². The summed E-state index contributed by atoms with van der Waals surface area (Å²) in [6.07, 6.45) is 0. The number of anilines is 2. The lowest BCUT2D eigenvalue weighted by Gasteiger charge is -2.32. The van der Waals surface area contributed by atoms with Gasteiger partial charge < -0.3 is 20.3 Å². The molecule has 2 N–H and O–H groups in total. The lowest BCUT2D eigenvalue weighted by molar-refractivity contribution is 0.0602. The van der Waals surface area contributed by atoms with Gasteiger partial charge in [-0.05, 0) is 14.0 Å². The molecule has 7 heteroatoms. The Morgan fingerprint density at radius 2 is 2.00 bits per heavy atom. The second kappa shape index (κ2) is 5.48. The highest BCUT2D eigenvalue weighted by molar-refractivity contribution is 5.99. The summed E-state index contributed by atoms with van der Waals surface area (Å²) in [5.74, 6) is 0.591. The van der Waals surface area contributed by atoms with Gasteiger partial charge in [0.15, 0.2) is 5.82 Å². The molecular weight excluding hydrogens is 246 g/mol. The minimum atomic E-state index is -0.425. The van der Waals surface area contributed by atoms with E-state index in [0.717, 1.165) is 26.2 Å². The van der Waals surface area contributed by atoms with E-state index in [0.29, 0.717) is 23.7 Å². The first-order valence-electron chi connectivity index (χ1n) is 6.46. The minimum absolute atomic E-state index is 0.378. The predicted octanol–water partition coefficient (Wildman–Crippen LogP) is 0.0236. The Bertz CT molecular complexity index is 463. The first-order chi connectivity index (χ1) is 9.08. The number of piperazine rings is 1. The number of hydrogen-bond donors (Lipinski definition) is 1. The van der Waals surface area contributed by atoms with Crippen LogP contribution in [0.5, 0.6) is 0 Å². The number of likely N-dealkylation sites (N-methyl/N-ethyl adjacent to an activating group) is 1. The minimum Gasteiger partial charge on any atom is -0.465 e. The first-order valence-corrected chi connectivity index (χ1v) is 6.46. The van der Waals surface area contributed by atoms with Crippen molar-refractivity contribution in [2.75, 3.05) is 51.0 Å². The maximum atomic E-state index is 11.9. The third-order valence-corrected chi connectivity index (χ3v) is 3.47. The van der Waals surface area contributed by atoms with Gasteiger partial charge in [0.1, 0.15) is 11.4 Å². The predicted molar refractivity (Wildman–Crippen MR) is 73.4 cm³/mol. The van der Waals surface area contributed by atoms with Crippen LogP contribution in [0, 0.1) is 0 Å². The van der Waals surface area contributed by atoms with Crippen molar-refractivity contribution in [2.24, 2.45) is 0 Å². The summed E-state index contributed by atoms with van der Waals surface area (Å²) in [7, 11) is 3.44. The molecule has 0 spiro atoms. The van der Waals surface area contributed by atoms with E-state index in [2.05, 4.69) is 21.9 Å². The van der Waals surface area contributed by atoms with Crippen molar-refractivity contribution in [1.82, 2.24) is 14.7 Å². The van der Waals surface area contributed by atoms with E-state index in [1.54, 1.807) is 4.68 Å². The lowest BCUT2D eigenvalue weighted by atomic mass is 10.2. The maximum absolute atomic E-state index is 11.9. The quantitative estimate of drug-likeness (QED) is 0.778. The lowest BCUT2D eigenvalue weighted by Crippen LogP contribution is -2.45. The van der Waals surface area contributed by atoms with E-state index < -0.39 is 5.97 Å². The summed E-state index contributed by atoms with van der Waals surface area (Å²) < 4.78 is 6.46. The van der Waals surface area contributed by atoms with Gasteiger partial charge in [-0.1, -0.05) is 0 Å². The van der Waals surface area contributed by atoms with Gasteiger partial charge in [-0.3, -0.25) is 0 Å². The van der Waals surface area contributed by atoms with Crippen LogP contribution in [0.1, 0.15) is 17.3 Å². The number of esters is 1. The van der Waals surface area contributed by atoms with Crippen LogP contribution in [-0.4, -0.2) is 61.0 Å². The molecule has 1 aliphatic heterocycles. The van der Waals surface area contributed by atoms with Crippen molar-refractivity contribution < 1.29 is 9.53 Å². The monoisotopic (exact) mass is 267 g/mol. The van der Waals surface area contributed by atoms with Gasteiger partial charge in [0.05, 0.1) is 7.11 Å². The Hall–Kier alpha value is -1.76. The number of ether oxygens (including phenoxy) is 1. The summed E-state index contributed by atoms with van der Waals surface area (Å²) in [6, 6.07) is 0. The highest BCUT2D eigenvalue weighted by atomic mass is 16.5. The zero-order chi connectivity index (χ0) is 14.0. The second-order valence-corrected chi connectivity index (χ2v) is 4.68. The van der Waals surface area contributed by atoms with Crippen molar-refractivity contribution >= 4 is 17.6 Å². The van der Waals surface area contributed by atoms with E-state index in [9.17, 15) is 4.79 Å². The Morgan fingerprint density at radius 3 is 2.53 bits per heavy atom. The largest absolute Gasteiger partial charge is 0.465 e. The van der Waals surface area contributed by atoms with E-state index >= 15 is 0 Å². The molecule has 1 fully saturated rings. The number of aryl methyl sites for hydroxylation is 1. The number of methoxy groups -OCH3 is 1. The van der Waals surface area contributed by atoms with Gasteiger partial charge in [0.25, 0.3) is 0 Å². The molecule has 1 saturated heterocycles. The van der Waals surface area contributed by atoms with Crippen LogP contribution >= 0.6 is 0 Å². The van der Waals surface area contributed by atoms with Crippen LogP contribution in [0.3, 0.4) is 0 Å². The van der Waals surface area contributed by atoms with E-state index in [-0.39, 0.29) is 0 Å². The molecule has 0 unspecified atom stereocenters. The molecule has 0 saturated carbocycles. The number of carbonyl (C=O) groups excluding carboxylic acids is 1. The fourth-order valence-corrected chi connectivity index (χ4v) is 2.24. The molecular formula is C12H21N5O2. The standard InChI is InChI=1S/C12H21N5O2/c1-4-17-10(13)9(12(18)19-3)11(14-17)16-7-5-15(2)6-8-16/h4-8,13H2,1-3H3. The normalized spacial score (nSPS) is 16.7. The Morgan fingerprint density at radius 1 is 1.37 bits per heavy atom. The summed E-state index contributed by atoms with van der Waals surface area (Å²) in [5, 5.41) is 4.44. The summed E-state index contributed by atoms with van der Waals surface area (Å²) in [6.45, 7) is 6.13. The Labute approximate surface area is 112 Å². The molecule has 1 aliphatic rings.